The molecule has 3 rings (SSSR count). The normalized spacial score (nSPS) is 12.2. The maximum absolute atomic E-state index is 12.8. The number of nitrogens with two attached hydrogens (primary N) is 1. The first-order valence-corrected chi connectivity index (χ1v) is 13.4. The van der Waals surface area contributed by atoms with Gasteiger partial charge in [-0.2, -0.15) is 13.2 Å². The van der Waals surface area contributed by atoms with E-state index in [4.69, 9.17) is 56.7 Å². The molecule has 3 aromatic rings. The molecule has 224 valence electrons. The lowest BCUT2D eigenvalue weighted by molar-refractivity contribution is -0.201. The van der Waals surface area contributed by atoms with Crippen LogP contribution in [0, 0.1) is 0 Å². The van der Waals surface area contributed by atoms with Gasteiger partial charge in [0.1, 0.15) is 11.4 Å². The van der Waals surface area contributed by atoms with Crippen molar-refractivity contribution in [2.24, 2.45) is 5.73 Å². The van der Waals surface area contributed by atoms with Gasteiger partial charge in [0.25, 0.3) is 5.91 Å². The number of ketones is 1. The van der Waals surface area contributed by atoms with Gasteiger partial charge < -0.3 is 19.9 Å². The van der Waals surface area contributed by atoms with E-state index in [1.54, 1.807) is 18.2 Å². The van der Waals surface area contributed by atoms with Gasteiger partial charge in [0.15, 0.2) is 16.4 Å². The quantitative estimate of drug-likeness (QED) is 0.158. The summed E-state index contributed by atoms with van der Waals surface area (Å²) >= 11 is 24.1. The van der Waals surface area contributed by atoms with Gasteiger partial charge in [0.2, 0.25) is 0 Å². The molecule has 0 aliphatic carbocycles. The maximum atomic E-state index is 12.8. The minimum absolute atomic E-state index is 0.192. The lowest BCUT2D eigenvalue weighted by Crippen LogP contribution is -2.39. The highest BCUT2D eigenvalue weighted by molar-refractivity contribution is 6.54. The highest BCUT2D eigenvalue weighted by Crippen LogP contribution is 2.36. The first-order valence-electron chi connectivity index (χ1n) is 11.8. The summed E-state index contributed by atoms with van der Waals surface area (Å²) in [4.78, 5) is 51.4. The topological polar surface area (TPSA) is 146 Å². The summed E-state index contributed by atoms with van der Waals surface area (Å²) in [7, 11) is 0. The Morgan fingerprint density at radius 1 is 1.02 bits per heavy atom. The Labute approximate surface area is 255 Å². The van der Waals surface area contributed by atoms with Gasteiger partial charge in [-0.15, -0.1) is 0 Å². The fourth-order valence-corrected chi connectivity index (χ4v) is 4.34. The molecule has 10 nitrogen and oxygen atoms in total. The van der Waals surface area contributed by atoms with E-state index in [1.165, 1.54) is 24.4 Å². The van der Waals surface area contributed by atoms with Crippen LogP contribution in [-0.4, -0.2) is 57.4 Å². The van der Waals surface area contributed by atoms with Crippen LogP contribution in [0.3, 0.4) is 0 Å². The predicted octanol–water partition coefficient (Wildman–Crippen LogP) is 5.55. The molecule has 42 heavy (non-hydrogen) atoms. The number of aromatic nitrogens is 2. The van der Waals surface area contributed by atoms with E-state index < -0.39 is 53.5 Å². The Bertz CT molecular complexity index is 1460. The first kappa shape index (κ1) is 33.3. The second-order valence-corrected chi connectivity index (χ2v) is 10.4. The molecule has 0 unspecified atom stereocenters. The van der Waals surface area contributed by atoms with Crippen molar-refractivity contribution >= 4 is 75.7 Å². The van der Waals surface area contributed by atoms with Crippen LogP contribution in [0.5, 0.6) is 0 Å². The van der Waals surface area contributed by atoms with Crippen LogP contribution >= 0.6 is 46.4 Å². The molecule has 2 heterocycles. The van der Waals surface area contributed by atoms with Crippen molar-refractivity contribution in [3.8, 4) is 22.7 Å². The van der Waals surface area contributed by atoms with E-state index in [0.717, 1.165) is 4.90 Å². The van der Waals surface area contributed by atoms with Crippen molar-refractivity contribution < 1.29 is 41.6 Å². The van der Waals surface area contributed by atoms with Gasteiger partial charge in [0.05, 0.1) is 16.1 Å². The van der Waals surface area contributed by atoms with Crippen molar-refractivity contribution in [2.45, 2.75) is 36.3 Å². The highest BCUT2D eigenvalue weighted by Gasteiger charge is 2.42. The maximum Gasteiger partial charge on any atom is 0.491 e. The van der Waals surface area contributed by atoms with Crippen LogP contribution in [-0.2, 0) is 23.9 Å². The monoisotopic (exact) mass is 668 g/mol. The fourth-order valence-electron chi connectivity index (χ4n) is 3.52. The van der Waals surface area contributed by atoms with Gasteiger partial charge >= 0.3 is 18.1 Å². The number of Topliss-reactive ketones (excluding diaryl/α,β-unsaturated/α-hetero) is 1. The largest absolute Gasteiger partial charge is 0.491 e. The number of carbonyl (C=O) groups excluding carboxylic acids is 4. The number of benzene rings is 1. The molecule has 17 heteroatoms. The standard InChI is InChI=1S/C25H19Cl4F3N4O6/c26-13-2-1-3-14(27)21(13)17-11-19(42-35-17)16-10-12(6-8-34-16)36(23(39)22(28)29)9-7-18(37)15(33)4-5-20(38)41-24(40)25(30,31)32/h1-3,6,8,10-11,15,22H,4-5,7,9,33H2/t15-/m1/s1. The Hall–Kier alpha value is -3.23. The summed E-state index contributed by atoms with van der Waals surface area (Å²) in [5, 5.41) is 4.66. The summed E-state index contributed by atoms with van der Waals surface area (Å²) in [6.07, 6.45) is -5.48. The number of amides is 1. The van der Waals surface area contributed by atoms with E-state index in [1.807, 2.05) is 0 Å². The molecule has 0 fully saturated rings. The molecule has 1 aromatic carbocycles. The first-order chi connectivity index (χ1) is 19.7. The van der Waals surface area contributed by atoms with Crippen LogP contribution in [0.1, 0.15) is 19.3 Å². The Morgan fingerprint density at radius 3 is 2.31 bits per heavy atom. The number of ether oxygens (including phenoxy) is 1. The van der Waals surface area contributed by atoms with E-state index in [0.29, 0.717) is 21.3 Å². The summed E-state index contributed by atoms with van der Waals surface area (Å²) in [5.41, 5.74) is 6.97. The second-order valence-electron chi connectivity index (χ2n) is 8.48. The highest BCUT2D eigenvalue weighted by atomic mass is 35.5. The van der Waals surface area contributed by atoms with Crippen molar-refractivity contribution in [1.29, 1.82) is 0 Å². The van der Waals surface area contributed by atoms with Crippen LogP contribution in [0.4, 0.5) is 18.9 Å². The van der Waals surface area contributed by atoms with Gasteiger partial charge in [-0.05, 0) is 30.7 Å². The molecule has 0 radical (unpaired) electrons. The smallest absolute Gasteiger partial charge is 0.386 e. The number of pyridine rings is 1. The predicted molar refractivity (Wildman–Crippen MR) is 147 cm³/mol. The minimum atomic E-state index is -5.35. The van der Waals surface area contributed by atoms with Crippen LogP contribution in [0.2, 0.25) is 10.0 Å². The Balaban J connectivity index is 1.72. The minimum Gasteiger partial charge on any atom is -0.386 e. The lowest BCUT2D eigenvalue weighted by Gasteiger charge is -2.24. The van der Waals surface area contributed by atoms with E-state index in [9.17, 15) is 32.3 Å². The SMILES string of the molecule is N[C@H](CCC(=O)OC(=O)C(F)(F)F)C(=O)CCN(C(=O)C(Cl)Cl)c1ccnc(-c2cc(-c3c(Cl)cccc3Cl)no2)c1. The number of esters is 2. The van der Waals surface area contributed by atoms with Crippen molar-refractivity contribution in [3.05, 3.63) is 52.6 Å². The number of anilines is 1. The van der Waals surface area contributed by atoms with Gasteiger partial charge in [0, 0.05) is 42.9 Å². The van der Waals surface area contributed by atoms with Crippen LogP contribution in [0.15, 0.2) is 47.1 Å². The Kier molecular flexibility index (Phi) is 11.3. The summed E-state index contributed by atoms with van der Waals surface area (Å²) in [6.45, 7) is -0.265. The molecule has 2 N–H and O–H groups in total. The molecule has 2 aromatic heterocycles. The fraction of sp³-hybridized carbons (Fsp3) is 0.280. The zero-order valence-corrected chi connectivity index (χ0v) is 24.1. The van der Waals surface area contributed by atoms with Gasteiger partial charge in [-0.25, -0.2) is 4.79 Å². The molecule has 1 amide bonds. The molecule has 0 saturated heterocycles. The zero-order valence-electron chi connectivity index (χ0n) is 21.0. The number of carbonyl (C=O) groups is 4. The molecular weight excluding hydrogens is 651 g/mol. The Morgan fingerprint density at radius 2 is 1.69 bits per heavy atom. The average Bonchev–Trinajstić information content (AvgIpc) is 3.41. The molecular formula is C25H19Cl4F3N4O6. The molecule has 0 spiro atoms. The lowest BCUT2D eigenvalue weighted by atomic mass is 10.0. The van der Waals surface area contributed by atoms with E-state index in [-0.39, 0.29) is 30.1 Å². The number of nitrogens with zero attached hydrogens (tertiary/aromatic N) is 3. The third kappa shape index (κ3) is 8.65. The zero-order chi connectivity index (χ0) is 31.2. The molecule has 0 saturated carbocycles. The molecule has 0 aliphatic rings. The third-order valence-electron chi connectivity index (χ3n) is 5.58. The molecule has 0 aliphatic heterocycles. The number of rotatable bonds is 11. The van der Waals surface area contributed by atoms with Crippen LogP contribution < -0.4 is 10.6 Å². The van der Waals surface area contributed by atoms with E-state index in [2.05, 4.69) is 14.9 Å². The molecule has 0 bridgehead atoms. The summed E-state index contributed by atoms with van der Waals surface area (Å²) < 4.78 is 45.7. The van der Waals surface area contributed by atoms with Gasteiger partial charge in [-0.1, -0.05) is 57.6 Å². The van der Waals surface area contributed by atoms with Gasteiger partial charge in [-0.3, -0.25) is 19.4 Å². The van der Waals surface area contributed by atoms with Crippen LogP contribution in [0.25, 0.3) is 22.7 Å². The number of alkyl halides is 5. The van der Waals surface area contributed by atoms with Crippen molar-refractivity contribution in [1.82, 2.24) is 10.1 Å². The third-order valence-corrected chi connectivity index (χ3v) is 6.59. The number of hydrogen-bond acceptors (Lipinski definition) is 9. The summed E-state index contributed by atoms with van der Waals surface area (Å²) in [5.74, 6) is -5.41. The van der Waals surface area contributed by atoms with Crippen molar-refractivity contribution in [3.63, 3.8) is 0 Å². The van der Waals surface area contributed by atoms with Crippen molar-refractivity contribution in [2.75, 3.05) is 11.4 Å². The second kappa shape index (κ2) is 14.3. The number of halogens is 7. The molecule has 1 atom stereocenters. The number of hydrogen-bond donors (Lipinski definition) is 1. The average molecular weight is 670 g/mol. The van der Waals surface area contributed by atoms with E-state index >= 15 is 0 Å². The summed E-state index contributed by atoms with van der Waals surface area (Å²) in [6, 6.07) is 8.04.